The van der Waals surface area contributed by atoms with Crippen LogP contribution in [0.2, 0.25) is 0 Å². The normalized spacial score (nSPS) is 16.9. The number of likely N-dealkylation sites (N-methyl/N-ethyl adjacent to an activating group) is 1. The summed E-state index contributed by atoms with van der Waals surface area (Å²) in [6, 6.07) is 9.35. The summed E-state index contributed by atoms with van der Waals surface area (Å²) in [6.45, 7) is 6.46. The third-order valence-corrected chi connectivity index (χ3v) is 4.62. The van der Waals surface area contributed by atoms with E-state index in [-0.39, 0.29) is 5.91 Å². The molecule has 1 aliphatic heterocycles. The predicted octanol–water partition coefficient (Wildman–Crippen LogP) is 3.23. The van der Waals surface area contributed by atoms with Crippen LogP contribution in [0.5, 0.6) is 0 Å². The van der Waals surface area contributed by atoms with E-state index in [4.69, 9.17) is 4.74 Å². The van der Waals surface area contributed by atoms with Crippen LogP contribution < -0.4 is 0 Å². The minimum atomic E-state index is -0.578. The van der Waals surface area contributed by atoms with Crippen molar-refractivity contribution in [2.24, 2.45) is 0 Å². The lowest BCUT2D eigenvalue weighted by Crippen LogP contribution is -2.47. The van der Waals surface area contributed by atoms with Crippen LogP contribution in [0.25, 0.3) is 5.69 Å². The SMILES string of the molecule is CN(Cc1cnn(-c2ccccc2)c1)C(=O)C1CCCN1C(=O)OC(C)(C)C. The van der Waals surface area contributed by atoms with Crippen molar-refractivity contribution in [3.63, 3.8) is 0 Å². The highest BCUT2D eigenvalue weighted by Crippen LogP contribution is 2.23. The van der Waals surface area contributed by atoms with E-state index in [0.717, 1.165) is 17.7 Å². The smallest absolute Gasteiger partial charge is 0.410 e. The fourth-order valence-corrected chi connectivity index (χ4v) is 3.33. The Bertz CT molecular complexity index is 826. The molecule has 3 rings (SSSR count). The van der Waals surface area contributed by atoms with E-state index in [1.54, 1.807) is 27.7 Å². The standard InChI is InChI=1S/C21H28N4O3/c1-21(2,3)28-20(27)24-12-8-11-18(24)19(26)23(4)14-16-13-22-25(15-16)17-9-6-5-7-10-17/h5-7,9-10,13,15,18H,8,11-12,14H2,1-4H3. The van der Waals surface area contributed by atoms with Gasteiger partial charge in [-0.25, -0.2) is 9.48 Å². The number of nitrogens with zero attached hydrogens (tertiary/aromatic N) is 4. The van der Waals surface area contributed by atoms with E-state index in [1.165, 1.54) is 0 Å². The van der Waals surface area contributed by atoms with Crippen LogP contribution in [-0.2, 0) is 16.1 Å². The van der Waals surface area contributed by atoms with Crippen molar-refractivity contribution in [3.05, 3.63) is 48.3 Å². The van der Waals surface area contributed by atoms with Crippen molar-refractivity contribution < 1.29 is 14.3 Å². The lowest BCUT2D eigenvalue weighted by atomic mass is 10.2. The van der Waals surface area contributed by atoms with Gasteiger partial charge in [-0.15, -0.1) is 0 Å². The first-order valence-corrected chi connectivity index (χ1v) is 9.58. The zero-order valence-corrected chi connectivity index (χ0v) is 17.0. The lowest BCUT2D eigenvalue weighted by Gasteiger charge is -2.30. The number of likely N-dealkylation sites (tertiary alicyclic amines) is 1. The molecule has 0 radical (unpaired) electrons. The van der Waals surface area contributed by atoms with Gasteiger partial charge in [-0.3, -0.25) is 9.69 Å². The maximum atomic E-state index is 13.0. The Kier molecular flexibility index (Phi) is 5.72. The molecule has 28 heavy (non-hydrogen) atoms. The molecular formula is C21H28N4O3. The maximum Gasteiger partial charge on any atom is 0.410 e. The van der Waals surface area contributed by atoms with E-state index >= 15 is 0 Å². The number of aromatic nitrogens is 2. The highest BCUT2D eigenvalue weighted by atomic mass is 16.6. The average molecular weight is 384 g/mol. The van der Waals surface area contributed by atoms with Crippen molar-refractivity contribution in [1.82, 2.24) is 19.6 Å². The summed E-state index contributed by atoms with van der Waals surface area (Å²) < 4.78 is 7.24. The Morgan fingerprint density at radius 1 is 1.25 bits per heavy atom. The number of amides is 2. The summed E-state index contributed by atoms with van der Waals surface area (Å²) in [5.41, 5.74) is 1.32. The first kappa shape index (κ1) is 19.9. The Labute approximate surface area is 165 Å². The topological polar surface area (TPSA) is 67.7 Å². The molecule has 0 N–H and O–H groups in total. The first-order chi connectivity index (χ1) is 13.2. The van der Waals surface area contributed by atoms with Crippen LogP contribution in [0, 0.1) is 0 Å². The first-order valence-electron chi connectivity index (χ1n) is 9.58. The Morgan fingerprint density at radius 2 is 1.96 bits per heavy atom. The molecule has 0 saturated carbocycles. The number of ether oxygens (including phenoxy) is 1. The molecule has 2 heterocycles. The van der Waals surface area contributed by atoms with Gasteiger partial charge in [0.2, 0.25) is 5.91 Å². The zero-order chi connectivity index (χ0) is 20.3. The maximum absolute atomic E-state index is 13.0. The minimum Gasteiger partial charge on any atom is -0.444 e. The van der Waals surface area contributed by atoms with Gasteiger partial charge in [-0.05, 0) is 45.7 Å². The van der Waals surface area contributed by atoms with E-state index in [2.05, 4.69) is 5.10 Å². The van der Waals surface area contributed by atoms with Crippen molar-refractivity contribution in [1.29, 1.82) is 0 Å². The predicted molar refractivity (Wildman–Crippen MR) is 106 cm³/mol. The van der Waals surface area contributed by atoms with E-state index in [9.17, 15) is 9.59 Å². The van der Waals surface area contributed by atoms with Crippen LogP contribution >= 0.6 is 0 Å². The van der Waals surface area contributed by atoms with Gasteiger partial charge in [0.25, 0.3) is 0 Å². The third-order valence-electron chi connectivity index (χ3n) is 4.62. The van der Waals surface area contributed by atoms with Gasteiger partial charge in [0.15, 0.2) is 0 Å². The molecule has 1 aromatic heterocycles. The molecule has 0 aliphatic carbocycles. The summed E-state index contributed by atoms with van der Waals surface area (Å²) in [6.07, 6.45) is 4.71. The monoisotopic (exact) mass is 384 g/mol. The fraction of sp³-hybridized carbons (Fsp3) is 0.476. The van der Waals surface area contributed by atoms with E-state index in [1.807, 2.05) is 57.3 Å². The van der Waals surface area contributed by atoms with Crippen molar-refractivity contribution >= 4 is 12.0 Å². The Morgan fingerprint density at radius 3 is 2.64 bits per heavy atom. The molecule has 1 aliphatic rings. The number of para-hydroxylation sites is 1. The summed E-state index contributed by atoms with van der Waals surface area (Å²) >= 11 is 0. The van der Waals surface area contributed by atoms with Crippen LogP contribution in [0.3, 0.4) is 0 Å². The fourth-order valence-electron chi connectivity index (χ4n) is 3.33. The number of carbonyl (C=O) groups is 2. The van der Waals surface area contributed by atoms with Crippen molar-refractivity contribution in [2.45, 2.75) is 51.8 Å². The van der Waals surface area contributed by atoms with Gasteiger partial charge in [-0.2, -0.15) is 5.10 Å². The Hall–Kier alpha value is -2.83. The van der Waals surface area contributed by atoms with Crippen LogP contribution in [0.4, 0.5) is 4.79 Å². The molecule has 7 heteroatoms. The number of hydrogen-bond donors (Lipinski definition) is 0. The quantitative estimate of drug-likeness (QED) is 0.812. The molecule has 1 fully saturated rings. The van der Waals surface area contributed by atoms with Crippen LogP contribution in [-0.4, -0.2) is 56.8 Å². The van der Waals surface area contributed by atoms with E-state index < -0.39 is 17.7 Å². The molecule has 2 aromatic rings. The molecule has 0 spiro atoms. The number of benzene rings is 1. The number of hydrogen-bond acceptors (Lipinski definition) is 4. The summed E-state index contributed by atoms with van der Waals surface area (Å²) in [5.74, 6) is -0.0733. The average Bonchev–Trinajstić information content (AvgIpc) is 3.30. The number of rotatable bonds is 4. The minimum absolute atomic E-state index is 0.0733. The second kappa shape index (κ2) is 8.04. The van der Waals surface area contributed by atoms with Crippen molar-refractivity contribution in [3.8, 4) is 5.69 Å². The highest BCUT2D eigenvalue weighted by Gasteiger charge is 2.37. The summed E-state index contributed by atoms with van der Waals surface area (Å²) in [5, 5.41) is 4.37. The molecular weight excluding hydrogens is 356 g/mol. The van der Waals surface area contributed by atoms with E-state index in [0.29, 0.717) is 19.5 Å². The van der Waals surface area contributed by atoms with Crippen molar-refractivity contribution in [2.75, 3.05) is 13.6 Å². The molecule has 1 aromatic carbocycles. The van der Waals surface area contributed by atoms with Gasteiger partial charge in [0.1, 0.15) is 11.6 Å². The van der Waals surface area contributed by atoms with Crippen LogP contribution in [0.15, 0.2) is 42.7 Å². The second-order valence-electron chi connectivity index (χ2n) is 8.15. The largest absolute Gasteiger partial charge is 0.444 e. The van der Waals surface area contributed by atoms with Gasteiger partial charge >= 0.3 is 6.09 Å². The van der Waals surface area contributed by atoms with Gasteiger partial charge in [0.05, 0.1) is 11.9 Å². The third kappa shape index (κ3) is 4.71. The Balaban J connectivity index is 1.64. The lowest BCUT2D eigenvalue weighted by molar-refractivity contribution is -0.135. The molecule has 1 saturated heterocycles. The molecule has 7 nitrogen and oxygen atoms in total. The molecule has 150 valence electrons. The van der Waals surface area contributed by atoms with Gasteiger partial charge in [-0.1, -0.05) is 18.2 Å². The van der Waals surface area contributed by atoms with Gasteiger partial charge in [0, 0.05) is 31.9 Å². The van der Waals surface area contributed by atoms with Gasteiger partial charge < -0.3 is 9.64 Å². The molecule has 1 unspecified atom stereocenters. The summed E-state index contributed by atoms with van der Waals surface area (Å²) in [7, 11) is 1.76. The highest BCUT2D eigenvalue weighted by molar-refractivity contribution is 5.86. The number of carbonyl (C=O) groups excluding carboxylic acids is 2. The summed E-state index contributed by atoms with van der Waals surface area (Å²) in [4.78, 5) is 28.6. The van der Waals surface area contributed by atoms with Crippen LogP contribution in [0.1, 0.15) is 39.2 Å². The molecule has 2 amide bonds. The molecule has 0 bridgehead atoms. The molecule has 1 atom stereocenters. The second-order valence-corrected chi connectivity index (χ2v) is 8.15. The zero-order valence-electron chi connectivity index (χ0n) is 17.0.